The highest BCUT2D eigenvalue weighted by Crippen LogP contribution is 2.28. The van der Waals surface area contributed by atoms with Crippen LogP contribution in [0.25, 0.3) is 0 Å². The van der Waals surface area contributed by atoms with Crippen LogP contribution < -0.4 is 14.8 Å². The zero-order valence-electron chi connectivity index (χ0n) is 13.1. The van der Waals surface area contributed by atoms with Crippen LogP contribution in [0.1, 0.15) is 15.9 Å². The Morgan fingerprint density at radius 3 is 2.48 bits per heavy atom. The molecule has 0 atom stereocenters. The maximum Gasteiger partial charge on any atom is 0.255 e. The van der Waals surface area contributed by atoms with Gasteiger partial charge in [-0.3, -0.25) is 9.52 Å². The molecule has 0 aromatic heterocycles. The van der Waals surface area contributed by atoms with Crippen LogP contribution in [-0.2, 0) is 10.0 Å². The van der Waals surface area contributed by atoms with Gasteiger partial charge < -0.3 is 10.1 Å². The van der Waals surface area contributed by atoms with Crippen molar-refractivity contribution in [2.24, 2.45) is 0 Å². The predicted molar refractivity (Wildman–Crippen MR) is 90.6 cm³/mol. The number of nitrogens with one attached hydrogen (secondary N) is 2. The summed E-state index contributed by atoms with van der Waals surface area (Å²) in [5, 5.41) is 2.73. The molecule has 0 saturated heterocycles. The average molecular weight is 334 g/mol. The number of anilines is 2. The predicted octanol–water partition coefficient (Wildman–Crippen LogP) is 2.63. The molecule has 0 aliphatic rings. The standard InChI is InChI=1S/C16H18N2O4S/c1-11-5-4-6-12(9-11)16(19)17-13-7-8-15(22-2)14(10-13)18-23(3,20)21/h4-10,18H,1-3H3,(H,17,19). The number of rotatable bonds is 5. The van der Waals surface area contributed by atoms with Gasteiger partial charge in [0.25, 0.3) is 5.91 Å². The van der Waals surface area contributed by atoms with Crippen molar-refractivity contribution in [1.82, 2.24) is 0 Å². The van der Waals surface area contributed by atoms with Crippen LogP contribution in [0.15, 0.2) is 42.5 Å². The summed E-state index contributed by atoms with van der Waals surface area (Å²) >= 11 is 0. The van der Waals surface area contributed by atoms with Gasteiger partial charge in [0, 0.05) is 11.3 Å². The Kier molecular flexibility index (Phi) is 4.90. The van der Waals surface area contributed by atoms with Crippen molar-refractivity contribution in [3.05, 3.63) is 53.6 Å². The molecule has 0 unspecified atom stereocenters. The molecular weight excluding hydrogens is 316 g/mol. The van der Waals surface area contributed by atoms with Crippen LogP contribution in [0.3, 0.4) is 0 Å². The average Bonchev–Trinajstić information content (AvgIpc) is 2.46. The van der Waals surface area contributed by atoms with Gasteiger partial charge in [-0.1, -0.05) is 17.7 Å². The third-order valence-corrected chi connectivity index (χ3v) is 3.62. The van der Waals surface area contributed by atoms with Gasteiger partial charge in [0.05, 0.1) is 19.1 Å². The highest BCUT2D eigenvalue weighted by Gasteiger charge is 2.11. The second-order valence-corrected chi connectivity index (χ2v) is 6.86. The molecular formula is C16H18N2O4S. The summed E-state index contributed by atoms with van der Waals surface area (Å²) in [6.07, 6.45) is 1.05. The number of benzene rings is 2. The lowest BCUT2D eigenvalue weighted by atomic mass is 10.1. The fourth-order valence-electron chi connectivity index (χ4n) is 2.05. The Balaban J connectivity index is 2.26. The minimum atomic E-state index is -3.46. The molecule has 0 aliphatic carbocycles. The number of aryl methyl sites for hydroxylation is 1. The topological polar surface area (TPSA) is 84.5 Å². The molecule has 0 heterocycles. The summed E-state index contributed by atoms with van der Waals surface area (Å²) in [4.78, 5) is 12.2. The van der Waals surface area contributed by atoms with Crippen molar-refractivity contribution >= 4 is 27.3 Å². The lowest BCUT2D eigenvalue weighted by Gasteiger charge is -2.12. The van der Waals surface area contributed by atoms with E-state index >= 15 is 0 Å². The molecule has 2 rings (SSSR count). The van der Waals surface area contributed by atoms with Crippen LogP contribution in [-0.4, -0.2) is 27.7 Å². The molecule has 2 aromatic carbocycles. The van der Waals surface area contributed by atoms with Crippen LogP contribution >= 0.6 is 0 Å². The van der Waals surface area contributed by atoms with Gasteiger partial charge in [-0.2, -0.15) is 0 Å². The molecule has 0 spiro atoms. The quantitative estimate of drug-likeness (QED) is 0.880. The van der Waals surface area contributed by atoms with Gasteiger partial charge in [-0.25, -0.2) is 8.42 Å². The van der Waals surface area contributed by atoms with Gasteiger partial charge in [-0.05, 0) is 37.3 Å². The van der Waals surface area contributed by atoms with E-state index in [1.54, 1.807) is 30.3 Å². The second kappa shape index (κ2) is 6.70. The number of hydrogen-bond donors (Lipinski definition) is 2. The zero-order chi connectivity index (χ0) is 17.0. The summed E-state index contributed by atoms with van der Waals surface area (Å²) in [6, 6.07) is 11.9. The van der Waals surface area contributed by atoms with Crippen LogP contribution in [0, 0.1) is 6.92 Å². The van der Waals surface area contributed by atoms with Crippen molar-refractivity contribution in [3.63, 3.8) is 0 Å². The molecule has 2 aromatic rings. The molecule has 0 saturated carbocycles. The SMILES string of the molecule is COc1ccc(NC(=O)c2cccc(C)c2)cc1NS(C)(=O)=O. The number of carbonyl (C=O) groups is 1. The van der Waals surface area contributed by atoms with Gasteiger partial charge >= 0.3 is 0 Å². The van der Waals surface area contributed by atoms with E-state index in [2.05, 4.69) is 10.0 Å². The molecule has 0 radical (unpaired) electrons. The molecule has 2 N–H and O–H groups in total. The number of amides is 1. The van der Waals surface area contributed by atoms with E-state index in [9.17, 15) is 13.2 Å². The Bertz CT molecular complexity index is 832. The summed E-state index contributed by atoms with van der Waals surface area (Å²) in [5.41, 5.74) is 2.23. The largest absolute Gasteiger partial charge is 0.495 e. The fourth-order valence-corrected chi connectivity index (χ4v) is 2.61. The highest BCUT2D eigenvalue weighted by atomic mass is 32.2. The fraction of sp³-hybridized carbons (Fsp3) is 0.188. The number of ether oxygens (including phenoxy) is 1. The first kappa shape index (κ1) is 16.8. The smallest absolute Gasteiger partial charge is 0.255 e. The monoisotopic (exact) mass is 334 g/mol. The van der Waals surface area contributed by atoms with E-state index in [-0.39, 0.29) is 11.6 Å². The van der Waals surface area contributed by atoms with Gasteiger partial charge in [-0.15, -0.1) is 0 Å². The molecule has 1 amide bonds. The van der Waals surface area contributed by atoms with Gasteiger partial charge in [0.15, 0.2) is 0 Å². The second-order valence-electron chi connectivity index (χ2n) is 5.11. The minimum Gasteiger partial charge on any atom is -0.495 e. The van der Waals surface area contributed by atoms with Gasteiger partial charge in [0.2, 0.25) is 10.0 Å². The molecule has 6 nitrogen and oxygen atoms in total. The van der Waals surface area contributed by atoms with E-state index < -0.39 is 10.0 Å². The van der Waals surface area contributed by atoms with E-state index in [0.717, 1.165) is 11.8 Å². The normalized spacial score (nSPS) is 10.9. The van der Waals surface area contributed by atoms with E-state index in [1.807, 2.05) is 13.0 Å². The maximum absolute atomic E-state index is 12.2. The number of sulfonamides is 1. The van der Waals surface area contributed by atoms with Crippen molar-refractivity contribution < 1.29 is 17.9 Å². The first-order valence-corrected chi connectivity index (χ1v) is 8.71. The van der Waals surface area contributed by atoms with E-state index in [4.69, 9.17) is 4.74 Å². The van der Waals surface area contributed by atoms with Crippen molar-refractivity contribution in [2.75, 3.05) is 23.4 Å². The molecule has 0 aliphatic heterocycles. The summed E-state index contributed by atoms with van der Waals surface area (Å²) in [5.74, 6) is 0.0909. The van der Waals surface area contributed by atoms with E-state index in [0.29, 0.717) is 17.0 Å². The Morgan fingerprint density at radius 1 is 1.13 bits per heavy atom. The molecule has 23 heavy (non-hydrogen) atoms. The molecule has 0 bridgehead atoms. The number of hydrogen-bond acceptors (Lipinski definition) is 4. The lowest BCUT2D eigenvalue weighted by Crippen LogP contribution is -2.14. The van der Waals surface area contributed by atoms with Crippen molar-refractivity contribution in [3.8, 4) is 5.75 Å². The third-order valence-electron chi connectivity index (χ3n) is 3.03. The zero-order valence-corrected chi connectivity index (χ0v) is 13.9. The maximum atomic E-state index is 12.2. The molecule has 7 heteroatoms. The highest BCUT2D eigenvalue weighted by molar-refractivity contribution is 7.92. The van der Waals surface area contributed by atoms with E-state index in [1.165, 1.54) is 13.2 Å². The number of carbonyl (C=O) groups excluding carboxylic acids is 1. The third kappa shape index (κ3) is 4.72. The molecule has 122 valence electrons. The Labute approximate surface area is 135 Å². The number of methoxy groups -OCH3 is 1. The minimum absolute atomic E-state index is 0.261. The van der Waals surface area contributed by atoms with Crippen molar-refractivity contribution in [1.29, 1.82) is 0 Å². The summed E-state index contributed by atoms with van der Waals surface area (Å²) in [7, 11) is -2.02. The Morgan fingerprint density at radius 2 is 1.87 bits per heavy atom. The van der Waals surface area contributed by atoms with Crippen LogP contribution in [0.5, 0.6) is 5.75 Å². The molecule has 0 fully saturated rings. The first-order chi connectivity index (χ1) is 10.8. The van der Waals surface area contributed by atoms with Gasteiger partial charge in [0.1, 0.15) is 5.75 Å². The van der Waals surface area contributed by atoms with Crippen LogP contribution in [0.4, 0.5) is 11.4 Å². The van der Waals surface area contributed by atoms with Crippen LogP contribution in [0.2, 0.25) is 0 Å². The Hall–Kier alpha value is -2.54. The lowest BCUT2D eigenvalue weighted by molar-refractivity contribution is 0.102. The first-order valence-electron chi connectivity index (χ1n) is 6.82. The summed E-state index contributed by atoms with van der Waals surface area (Å²) in [6.45, 7) is 1.90. The summed E-state index contributed by atoms with van der Waals surface area (Å²) < 4.78 is 30.3. The van der Waals surface area contributed by atoms with Crippen molar-refractivity contribution in [2.45, 2.75) is 6.92 Å².